The number of aliphatic hydroxyl groups excluding tert-OH is 1. The van der Waals surface area contributed by atoms with Crippen molar-refractivity contribution in [2.45, 2.75) is 51.3 Å². The van der Waals surface area contributed by atoms with Crippen molar-refractivity contribution < 1.29 is 18.3 Å². The molecule has 1 aromatic carbocycles. The van der Waals surface area contributed by atoms with E-state index in [-0.39, 0.29) is 5.92 Å². The fraction of sp³-hybridized carbons (Fsp3) is 0.625. The lowest BCUT2D eigenvalue weighted by Gasteiger charge is -2.35. The topological polar surface area (TPSA) is 20.2 Å². The summed E-state index contributed by atoms with van der Waals surface area (Å²) in [6, 6.07) is 3.50. The zero-order valence-electron chi connectivity index (χ0n) is 12.0. The van der Waals surface area contributed by atoms with Gasteiger partial charge < -0.3 is 5.11 Å². The van der Waals surface area contributed by atoms with Gasteiger partial charge in [-0.1, -0.05) is 48.5 Å². The predicted octanol–water partition coefficient (Wildman–Crippen LogP) is 5.72. The summed E-state index contributed by atoms with van der Waals surface area (Å²) in [5.41, 5.74) is -0.348. The van der Waals surface area contributed by atoms with Crippen LogP contribution in [0.2, 0.25) is 0 Å². The monoisotopic (exact) mass is 364 g/mol. The van der Waals surface area contributed by atoms with E-state index in [2.05, 4.69) is 22.9 Å². The Balaban J connectivity index is 2.31. The summed E-state index contributed by atoms with van der Waals surface area (Å²) in [4.78, 5) is 0. The number of halogens is 4. The van der Waals surface area contributed by atoms with Gasteiger partial charge in [-0.3, -0.25) is 0 Å². The average Bonchev–Trinajstić information content (AvgIpc) is 2.45. The molecule has 0 radical (unpaired) electrons. The van der Waals surface area contributed by atoms with Gasteiger partial charge in [-0.15, -0.1) is 0 Å². The van der Waals surface area contributed by atoms with Gasteiger partial charge in [0.05, 0.1) is 11.7 Å². The van der Waals surface area contributed by atoms with Crippen molar-refractivity contribution in [2.24, 2.45) is 11.8 Å². The molecule has 1 aliphatic rings. The highest BCUT2D eigenvalue weighted by atomic mass is 79.9. The van der Waals surface area contributed by atoms with Gasteiger partial charge in [0, 0.05) is 4.47 Å². The minimum absolute atomic E-state index is 0.0449. The molecule has 0 saturated heterocycles. The molecule has 1 aromatic rings. The molecule has 21 heavy (non-hydrogen) atoms. The molecule has 1 aliphatic carbocycles. The fourth-order valence-corrected chi connectivity index (χ4v) is 3.82. The molecule has 3 unspecified atom stereocenters. The molecular formula is C16H20BrF3O. The van der Waals surface area contributed by atoms with Gasteiger partial charge in [0.25, 0.3) is 0 Å². The molecule has 2 rings (SSSR count). The van der Waals surface area contributed by atoms with Gasteiger partial charge in [0.1, 0.15) is 0 Å². The molecule has 0 aromatic heterocycles. The fourth-order valence-electron chi connectivity index (χ4n) is 3.34. The van der Waals surface area contributed by atoms with Crippen molar-refractivity contribution in [3.8, 4) is 0 Å². The highest BCUT2D eigenvalue weighted by molar-refractivity contribution is 9.10. The lowest BCUT2D eigenvalue weighted by Crippen LogP contribution is -2.25. The van der Waals surface area contributed by atoms with Crippen LogP contribution in [-0.2, 0) is 6.18 Å². The van der Waals surface area contributed by atoms with E-state index in [9.17, 15) is 18.3 Å². The van der Waals surface area contributed by atoms with E-state index in [0.29, 0.717) is 16.0 Å². The van der Waals surface area contributed by atoms with Crippen LogP contribution in [-0.4, -0.2) is 5.11 Å². The molecule has 0 amide bonds. The summed E-state index contributed by atoms with van der Waals surface area (Å²) in [6.07, 6.45) is -0.159. The Morgan fingerprint density at radius 2 is 1.95 bits per heavy atom. The van der Waals surface area contributed by atoms with Crippen LogP contribution < -0.4 is 0 Å². The van der Waals surface area contributed by atoms with Crippen LogP contribution in [0.25, 0.3) is 0 Å². The van der Waals surface area contributed by atoms with E-state index in [1.165, 1.54) is 6.07 Å². The largest absolute Gasteiger partial charge is 0.416 e. The first-order valence-corrected chi connectivity index (χ1v) is 8.18. The molecule has 118 valence electrons. The number of benzene rings is 1. The molecule has 1 N–H and O–H groups in total. The van der Waals surface area contributed by atoms with E-state index < -0.39 is 17.8 Å². The second-order valence-electron chi connectivity index (χ2n) is 5.80. The summed E-state index contributed by atoms with van der Waals surface area (Å²) < 4.78 is 39.1. The van der Waals surface area contributed by atoms with Crippen molar-refractivity contribution in [3.63, 3.8) is 0 Å². The zero-order chi connectivity index (χ0) is 15.6. The van der Waals surface area contributed by atoms with Crippen LogP contribution in [0.15, 0.2) is 22.7 Å². The van der Waals surface area contributed by atoms with Crippen molar-refractivity contribution in [1.82, 2.24) is 0 Å². The van der Waals surface area contributed by atoms with Crippen molar-refractivity contribution in [3.05, 3.63) is 33.8 Å². The SMILES string of the molecule is CCC1CCCCC1C(O)c1cc(C(F)(F)F)ccc1Br. The number of hydrogen-bond acceptors (Lipinski definition) is 1. The van der Waals surface area contributed by atoms with Gasteiger partial charge >= 0.3 is 6.18 Å². The molecular weight excluding hydrogens is 345 g/mol. The van der Waals surface area contributed by atoms with E-state index in [4.69, 9.17) is 0 Å². The van der Waals surface area contributed by atoms with Gasteiger partial charge in [0.15, 0.2) is 0 Å². The van der Waals surface area contributed by atoms with Crippen molar-refractivity contribution >= 4 is 15.9 Å². The Bertz CT molecular complexity index is 487. The van der Waals surface area contributed by atoms with Crippen molar-refractivity contribution in [1.29, 1.82) is 0 Å². The van der Waals surface area contributed by atoms with E-state index in [1.54, 1.807) is 0 Å². The summed E-state index contributed by atoms with van der Waals surface area (Å²) in [6.45, 7) is 2.08. The highest BCUT2D eigenvalue weighted by Crippen LogP contribution is 2.43. The average molecular weight is 365 g/mol. The lowest BCUT2D eigenvalue weighted by molar-refractivity contribution is -0.137. The Labute approximate surface area is 131 Å². The maximum atomic E-state index is 12.9. The van der Waals surface area contributed by atoms with E-state index in [1.807, 2.05) is 0 Å². The first kappa shape index (κ1) is 16.8. The normalized spacial score (nSPS) is 24.9. The minimum Gasteiger partial charge on any atom is -0.388 e. The molecule has 0 aliphatic heterocycles. The molecule has 3 atom stereocenters. The van der Waals surface area contributed by atoms with Gasteiger partial charge in [-0.25, -0.2) is 0 Å². The Morgan fingerprint density at radius 1 is 1.29 bits per heavy atom. The third kappa shape index (κ3) is 3.81. The summed E-state index contributed by atoms with van der Waals surface area (Å²) in [5, 5.41) is 10.6. The van der Waals surface area contributed by atoms with Gasteiger partial charge in [-0.2, -0.15) is 13.2 Å². The number of alkyl halides is 3. The van der Waals surface area contributed by atoms with Crippen LogP contribution in [0.1, 0.15) is 56.3 Å². The second-order valence-corrected chi connectivity index (χ2v) is 6.65. The van der Waals surface area contributed by atoms with Crippen LogP contribution in [0.5, 0.6) is 0 Å². The first-order chi connectivity index (χ1) is 9.84. The van der Waals surface area contributed by atoms with E-state index in [0.717, 1.165) is 44.2 Å². The molecule has 5 heteroatoms. The molecule has 0 spiro atoms. The van der Waals surface area contributed by atoms with Crippen LogP contribution >= 0.6 is 15.9 Å². The van der Waals surface area contributed by atoms with Crippen molar-refractivity contribution in [2.75, 3.05) is 0 Å². The zero-order valence-corrected chi connectivity index (χ0v) is 13.5. The van der Waals surface area contributed by atoms with E-state index >= 15 is 0 Å². The number of aliphatic hydroxyl groups is 1. The summed E-state index contributed by atoms with van der Waals surface area (Å²) in [5.74, 6) is 0.429. The Morgan fingerprint density at radius 3 is 2.57 bits per heavy atom. The molecule has 1 saturated carbocycles. The predicted molar refractivity (Wildman–Crippen MR) is 79.8 cm³/mol. The number of rotatable bonds is 3. The third-order valence-corrected chi connectivity index (χ3v) is 5.26. The molecule has 1 nitrogen and oxygen atoms in total. The van der Waals surface area contributed by atoms with Gasteiger partial charge in [0.2, 0.25) is 0 Å². The molecule has 0 bridgehead atoms. The lowest BCUT2D eigenvalue weighted by atomic mass is 9.73. The van der Waals surface area contributed by atoms with Gasteiger partial charge in [-0.05, 0) is 42.0 Å². The number of hydrogen-bond donors (Lipinski definition) is 1. The summed E-state index contributed by atoms with van der Waals surface area (Å²) >= 11 is 3.28. The molecule has 0 heterocycles. The second kappa shape index (κ2) is 6.69. The first-order valence-electron chi connectivity index (χ1n) is 7.39. The van der Waals surface area contributed by atoms with Crippen LogP contribution in [0, 0.1) is 11.8 Å². The van der Waals surface area contributed by atoms with Crippen LogP contribution in [0.3, 0.4) is 0 Å². The smallest absolute Gasteiger partial charge is 0.388 e. The minimum atomic E-state index is -4.38. The highest BCUT2D eigenvalue weighted by Gasteiger charge is 2.35. The van der Waals surface area contributed by atoms with Crippen LogP contribution in [0.4, 0.5) is 13.2 Å². The Hall–Kier alpha value is -0.550. The third-order valence-electron chi connectivity index (χ3n) is 4.54. The maximum absolute atomic E-state index is 12.9. The summed E-state index contributed by atoms with van der Waals surface area (Å²) in [7, 11) is 0. The Kier molecular flexibility index (Phi) is 5.36. The maximum Gasteiger partial charge on any atom is 0.416 e. The quantitative estimate of drug-likeness (QED) is 0.727. The standard InChI is InChI=1S/C16H20BrF3O/c1-2-10-5-3-4-6-12(10)15(21)13-9-11(16(18,19)20)7-8-14(13)17/h7-10,12,15,21H,2-6H2,1H3. The molecule has 1 fully saturated rings.